The van der Waals surface area contributed by atoms with E-state index < -0.39 is 0 Å². The van der Waals surface area contributed by atoms with Crippen LogP contribution in [0.25, 0.3) is 5.65 Å². The molecular weight excluding hydrogens is 274 g/mol. The highest BCUT2D eigenvalue weighted by Crippen LogP contribution is 2.35. The van der Waals surface area contributed by atoms with Crippen molar-refractivity contribution >= 4 is 22.8 Å². The first-order valence-corrected chi connectivity index (χ1v) is 7.45. The predicted octanol–water partition coefficient (Wildman–Crippen LogP) is 1.97. The fraction of sp³-hybridized carbons (Fsp3) is 0.308. The van der Waals surface area contributed by atoms with Crippen molar-refractivity contribution in [3.63, 3.8) is 0 Å². The fourth-order valence-corrected chi connectivity index (χ4v) is 3.69. The van der Waals surface area contributed by atoms with Gasteiger partial charge < -0.3 is 5.32 Å². The van der Waals surface area contributed by atoms with E-state index in [1.54, 1.807) is 6.07 Å². The molecule has 0 radical (unpaired) electrons. The molecule has 3 aromatic rings. The van der Waals surface area contributed by atoms with Gasteiger partial charge in [0, 0.05) is 10.9 Å². The Balaban J connectivity index is 1.67. The second-order valence-corrected chi connectivity index (χ2v) is 5.92. The zero-order chi connectivity index (χ0) is 13.5. The summed E-state index contributed by atoms with van der Waals surface area (Å²) in [5.41, 5.74) is 1.69. The number of nitrogens with one attached hydrogen (secondary N) is 2. The van der Waals surface area contributed by atoms with Gasteiger partial charge in [0.2, 0.25) is 0 Å². The molecule has 3 aromatic heterocycles. The molecule has 0 saturated carbocycles. The summed E-state index contributed by atoms with van der Waals surface area (Å²) < 4.78 is 1.39. The number of rotatable bonds is 2. The number of aromatic amines is 1. The smallest absolute Gasteiger partial charge is 0.348 e. The Morgan fingerprint density at radius 3 is 3.40 bits per heavy atom. The van der Waals surface area contributed by atoms with Gasteiger partial charge in [0.05, 0.1) is 6.04 Å². The van der Waals surface area contributed by atoms with Gasteiger partial charge in [-0.25, -0.2) is 19.3 Å². The average molecular weight is 287 g/mol. The van der Waals surface area contributed by atoms with Gasteiger partial charge in [0.1, 0.15) is 12.1 Å². The molecule has 2 N–H and O–H groups in total. The standard InChI is InChI=1S/C13H13N5OS/c19-13-17-16-12-6-11(14-7-18(12)13)15-9-2-1-3-10-8(9)4-5-20-10/h4-7,9,15H,1-3H2,(H,17,19). The summed E-state index contributed by atoms with van der Waals surface area (Å²) in [5.74, 6) is 0.751. The first-order valence-electron chi connectivity index (χ1n) is 6.57. The van der Waals surface area contributed by atoms with Crippen LogP contribution in [0, 0.1) is 0 Å². The average Bonchev–Trinajstić information content (AvgIpc) is 3.07. The van der Waals surface area contributed by atoms with Crippen LogP contribution in [0.3, 0.4) is 0 Å². The Labute approximate surface area is 118 Å². The Morgan fingerprint density at radius 2 is 2.45 bits per heavy atom. The number of aryl methyl sites for hydroxylation is 1. The maximum Gasteiger partial charge on any atom is 0.348 e. The minimum atomic E-state index is -0.267. The second-order valence-electron chi connectivity index (χ2n) is 4.92. The topological polar surface area (TPSA) is 75.1 Å². The summed E-state index contributed by atoms with van der Waals surface area (Å²) in [4.78, 5) is 17.1. The summed E-state index contributed by atoms with van der Waals surface area (Å²) >= 11 is 1.82. The van der Waals surface area contributed by atoms with Crippen LogP contribution in [-0.4, -0.2) is 19.6 Å². The van der Waals surface area contributed by atoms with Crippen molar-refractivity contribution in [2.45, 2.75) is 25.3 Å². The minimum absolute atomic E-state index is 0.267. The first-order chi connectivity index (χ1) is 9.81. The normalized spacial score (nSPS) is 18.1. The largest absolute Gasteiger partial charge is 0.363 e. The maximum absolute atomic E-state index is 11.4. The number of hydrogen-bond donors (Lipinski definition) is 2. The lowest BCUT2D eigenvalue weighted by atomic mass is 9.94. The highest BCUT2D eigenvalue weighted by molar-refractivity contribution is 7.10. The zero-order valence-corrected chi connectivity index (χ0v) is 11.5. The van der Waals surface area contributed by atoms with Crippen LogP contribution in [0.5, 0.6) is 0 Å². The summed E-state index contributed by atoms with van der Waals surface area (Å²) in [6.07, 6.45) is 4.96. The molecule has 3 heterocycles. The van der Waals surface area contributed by atoms with Crippen molar-refractivity contribution in [3.8, 4) is 0 Å². The summed E-state index contributed by atoms with van der Waals surface area (Å²) in [5, 5.41) is 12.0. The number of H-pyrrole nitrogens is 1. The van der Waals surface area contributed by atoms with Gasteiger partial charge in [-0.1, -0.05) is 0 Å². The zero-order valence-electron chi connectivity index (χ0n) is 10.7. The molecular formula is C13H13N5OS. The van der Waals surface area contributed by atoms with Gasteiger partial charge in [-0.2, -0.15) is 5.10 Å². The highest BCUT2D eigenvalue weighted by atomic mass is 32.1. The van der Waals surface area contributed by atoms with Gasteiger partial charge in [-0.3, -0.25) is 0 Å². The van der Waals surface area contributed by atoms with Gasteiger partial charge in [-0.15, -0.1) is 11.3 Å². The van der Waals surface area contributed by atoms with E-state index in [2.05, 4.69) is 31.9 Å². The summed E-state index contributed by atoms with van der Waals surface area (Å²) in [6.45, 7) is 0. The van der Waals surface area contributed by atoms with E-state index in [0.717, 1.165) is 12.2 Å². The summed E-state index contributed by atoms with van der Waals surface area (Å²) in [7, 11) is 0. The number of thiophene rings is 1. The van der Waals surface area contributed by atoms with E-state index in [1.807, 2.05) is 11.3 Å². The van der Waals surface area contributed by atoms with Crippen molar-refractivity contribution in [2.75, 3.05) is 5.32 Å². The molecule has 0 bridgehead atoms. The third-order valence-electron chi connectivity index (χ3n) is 3.68. The van der Waals surface area contributed by atoms with Crippen LogP contribution in [0.4, 0.5) is 5.82 Å². The van der Waals surface area contributed by atoms with Crippen LogP contribution in [-0.2, 0) is 6.42 Å². The molecule has 20 heavy (non-hydrogen) atoms. The third-order valence-corrected chi connectivity index (χ3v) is 4.68. The van der Waals surface area contributed by atoms with Crippen molar-refractivity contribution < 1.29 is 0 Å². The molecule has 0 aliphatic heterocycles. The second kappa shape index (κ2) is 4.45. The Morgan fingerprint density at radius 1 is 1.50 bits per heavy atom. The van der Waals surface area contributed by atoms with Crippen molar-refractivity contribution in [1.82, 2.24) is 19.6 Å². The molecule has 6 nitrogen and oxygen atoms in total. The molecule has 0 fully saturated rings. The number of fused-ring (bicyclic) bond motifs is 2. The van der Waals surface area contributed by atoms with Gasteiger partial charge in [-0.05, 0) is 36.3 Å². The van der Waals surface area contributed by atoms with Crippen LogP contribution in [0.2, 0.25) is 0 Å². The predicted molar refractivity (Wildman–Crippen MR) is 77.2 cm³/mol. The molecule has 7 heteroatoms. The molecule has 0 aromatic carbocycles. The lowest BCUT2D eigenvalue weighted by Gasteiger charge is -2.24. The number of nitrogens with zero attached hydrogens (tertiary/aromatic N) is 3. The molecule has 1 aliphatic carbocycles. The van der Waals surface area contributed by atoms with Gasteiger partial charge in [0.15, 0.2) is 5.65 Å². The lowest BCUT2D eigenvalue weighted by molar-refractivity contribution is 0.607. The molecule has 0 spiro atoms. The summed E-state index contributed by atoms with van der Waals surface area (Å²) in [6, 6.07) is 4.28. The Hall–Kier alpha value is -2.15. The molecule has 4 rings (SSSR count). The van der Waals surface area contributed by atoms with Crippen LogP contribution < -0.4 is 11.0 Å². The minimum Gasteiger partial charge on any atom is -0.363 e. The van der Waals surface area contributed by atoms with E-state index in [-0.39, 0.29) is 5.69 Å². The molecule has 1 unspecified atom stereocenters. The monoisotopic (exact) mass is 287 g/mol. The van der Waals surface area contributed by atoms with Gasteiger partial charge in [0.25, 0.3) is 0 Å². The SMILES string of the molecule is O=c1[nH]nc2cc(NC3CCCc4sccc43)ncn12. The molecule has 102 valence electrons. The fourth-order valence-electron chi connectivity index (χ4n) is 2.70. The Kier molecular flexibility index (Phi) is 2.59. The lowest BCUT2D eigenvalue weighted by Crippen LogP contribution is -2.17. The van der Waals surface area contributed by atoms with E-state index in [0.29, 0.717) is 11.7 Å². The molecule has 1 atom stereocenters. The first kappa shape index (κ1) is 11.7. The van der Waals surface area contributed by atoms with E-state index in [9.17, 15) is 4.79 Å². The van der Waals surface area contributed by atoms with Crippen LogP contribution >= 0.6 is 11.3 Å². The van der Waals surface area contributed by atoms with E-state index in [4.69, 9.17) is 0 Å². The van der Waals surface area contributed by atoms with Crippen LogP contribution in [0.15, 0.2) is 28.6 Å². The highest BCUT2D eigenvalue weighted by Gasteiger charge is 2.21. The number of aromatic nitrogens is 4. The number of hydrogen-bond acceptors (Lipinski definition) is 5. The maximum atomic E-state index is 11.4. The molecule has 0 amide bonds. The van der Waals surface area contributed by atoms with Gasteiger partial charge >= 0.3 is 5.69 Å². The van der Waals surface area contributed by atoms with E-state index >= 15 is 0 Å². The number of anilines is 1. The third kappa shape index (κ3) is 1.82. The van der Waals surface area contributed by atoms with Crippen molar-refractivity contribution in [1.29, 1.82) is 0 Å². The molecule has 0 saturated heterocycles. The van der Waals surface area contributed by atoms with E-state index in [1.165, 1.54) is 34.0 Å². The van der Waals surface area contributed by atoms with Crippen molar-refractivity contribution in [2.24, 2.45) is 0 Å². The Bertz CT molecular complexity index is 817. The van der Waals surface area contributed by atoms with Crippen molar-refractivity contribution in [3.05, 3.63) is 44.8 Å². The molecule has 1 aliphatic rings. The van der Waals surface area contributed by atoms with Crippen LogP contribution in [0.1, 0.15) is 29.3 Å². The quantitative estimate of drug-likeness (QED) is 0.755.